The van der Waals surface area contributed by atoms with Crippen molar-refractivity contribution in [3.8, 4) is 28.6 Å². The minimum absolute atomic E-state index is 0.00907. The summed E-state index contributed by atoms with van der Waals surface area (Å²) in [5.41, 5.74) is -0.0146. The largest absolute Gasteiger partial charge is 0.455 e. The predicted molar refractivity (Wildman–Crippen MR) is 145 cm³/mol. The first-order valence-electron chi connectivity index (χ1n) is 12.8. The molecular formula is C30H24F4N4O3. The number of rotatable bonds is 7. The number of nitriles is 1. The van der Waals surface area contributed by atoms with Crippen molar-refractivity contribution in [1.82, 2.24) is 10.6 Å². The molecule has 0 atom stereocenters. The van der Waals surface area contributed by atoms with Gasteiger partial charge in [0.15, 0.2) is 6.19 Å². The fraction of sp³-hybridized carbons (Fsp3) is 0.233. The first kappa shape index (κ1) is 27.7. The van der Waals surface area contributed by atoms with Gasteiger partial charge in [0.2, 0.25) is 0 Å². The highest BCUT2D eigenvalue weighted by Gasteiger charge is 2.64. The zero-order chi connectivity index (χ0) is 29.5. The maximum Gasteiger partial charge on any atom is 0.411 e. The molecule has 2 amide bonds. The second-order valence-electron chi connectivity index (χ2n) is 9.72. The van der Waals surface area contributed by atoms with Crippen molar-refractivity contribution >= 4 is 28.5 Å². The van der Waals surface area contributed by atoms with Crippen LogP contribution in [0.15, 0.2) is 65.1 Å². The van der Waals surface area contributed by atoms with Crippen LogP contribution in [0, 0.1) is 17.3 Å². The molecule has 0 saturated heterocycles. The molecule has 1 fully saturated rings. The van der Waals surface area contributed by atoms with Gasteiger partial charge in [0.1, 0.15) is 22.7 Å². The van der Waals surface area contributed by atoms with Gasteiger partial charge in [-0.3, -0.25) is 14.5 Å². The maximum absolute atomic E-state index is 13.6. The van der Waals surface area contributed by atoms with Gasteiger partial charge < -0.3 is 15.1 Å². The first-order chi connectivity index (χ1) is 19.5. The SMILES string of the molecule is CCN(C#N)c1cc2oc(-c3ccc(F)cc3)c(C(=O)NC)c2cc1-c1cccc(C(=O)NC2(C(F)(F)F)CC2)c1. The van der Waals surface area contributed by atoms with E-state index in [1.165, 1.54) is 54.4 Å². The van der Waals surface area contributed by atoms with Crippen molar-refractivity contribution < 1.29 is 31.6 Å². The molecule has 1 aliphatic rings. The van der Waals surface area contributed by atoms with E-state index in [1.54, 1.807) is 25.1 Å². The number of furan rings is 1. The normalized spacial score (nSPS) is 13.9. The van der Waals surface area contributed by atoms with E-state index in [0.29, 0.717) is 27.8 Å². The number of hydrogen-bond donors (Lipinski definition) is 2. The van der Waals surface area contributed by atoms with Crippen LogP contribution in [0.3, 0.4) is 0 Å². The predicted octanol–water partition coefficient (Wildman–Crippen LogP) is 6.40. The molecule has 210 valence electrons. The molecule has 1 aliphatic carbocycles. The van der Waals surface area contributed by atoms with E-state index in [4.69, 9.17) is 4.42 Å². The van der Waals surface area contributed by atoms with E-state index < -0.39 is 29.3 Å². The van der Waals surface area contributed by atoms with E-state index in [1.807, 2.05) is 0 Å². The molecule has 4 aromatic rings. The molecule has 1 aromatic heterocycles. The number of alkyl halides is 3. The van der Waals surface area contributed by atoms with Gasteiger partial charge in [0.25, 0.3) is 11.8 Å². The fourth-order valence-corrected chi connectivity index (χ4v) is 4.76. The zero-order valence-corrected chi connectivity index (χ0v) is 22.0. The van der Waals surface area contributed by atoms with E-state index >= 15 is 0 Å². The number of benzene rings is 3. The van der Waals surface area contributed by atoms with Gasteiger partial charge >= 0.3 is 6.18 Å². The molecule has 1 heterocycles. The number of amides is 2. The van der Waals surface area contributed by atoms with Crippen LogP contribution < -0.4 is 15.5 Å². The zero-order valence-electron chi connectivity index (χ0n) is 22.0. The Kier molecular flexibility index (Phi) is 6.95. The Hall–Kier alpha value is -4.85. The third kappa shape index (κ3) is 4.97. The van der Waals surface area contributed by atoms with Crippen molar-refractivity contribution in [2.24, 2.45) is 0 Å². The Morgan fingerprint density at radius 1 is 1.05 bits per heavy atom. The number of nitrogens with zero attached hydrogens (tertiary/aromatic N) is 2. The topological polar surface area (TPSA) is 98.4 Å². The van der Waals surface area contributed by atoms with E-state index in [-0.39, 0.29) is 41.9 Å². The molecule has 2 N–H and O–H groups in total. The minimum Gasteiger partial charge on any atom is -0.455 e. The minimum atomic E-state index is -4.56. The van der Waals surface area contributed by atoms with Crippen LogP contribution in [0.2, 0.25) is 0 Å². The highest BCUT2D eigenvalue weighted by molar-refractivity contribution is 6.13. The Labute approximate surface area is 232 Å². The Morgan fingerprint density at radius 3 is 2.34 bits per heavy atom. The summed E-state index contributed by atoms with van der Waals surface area (Å²) in [6, 6.07) is 14.7. The van der Waals surface area contributed by atoms with Gasteiger partial charge in [-0.05, 0) is 67.8 Å². The monoisotopic (exact) mass is 564 g/mol. The molecule has 0 radical (unpaired) electrons. The third-order valence-corrected chi connectivity index (χ3v) is 7.18. The standard InChI is InChI=1S/C30H24F4N4O3/c1-3-38(16-35)23-15-24-22(25(28(40)36-2)26(41-24)17-7-9-20(31)10-8-17)14-21(23)18-5-4-6-19(13-18)27(39)37-29(11-12-29)30(32,33)34/h4-10,13-15H,3,11-12H2,1-2H3,(H,36,40)(H,37,39). The van der Waals surface area contributed by atoms with Gasteiger partial charge in [-0.25, -0.2) is 4.39 Å². The summed E-state index contributed by atoms with van der Waals surface area (Å²) < 4.78 is 60.0. The molecule has 41 heavy (non-hydrogen) atoms. The number of nitrogens with one attached hydrogen (secondary N) is 2. The molecule has 0 aliphatic heterocycles. The third-order valence-electron chi connectivity index (χ3n) is 7.18. The summed E-state index contributed by atoms with van der Waals surface area (Å²) >= 11 is 0. The number of fused-ring (bicyclic) bond motifs is 1. The number of carbonyl (C=O) groups is 2. The van der Waals surface area contributed by atoms with Crippen LogP contribution in [-0.4, -0.2) is 37.1 Å². The smallest absolute Gasteiger partial charge is 0.411 e. The van der Waals surface area contributed by atoms with Gasteiger partial charge in [0, 0.05) is 41.7 Å². The molecule has 5 rings (SSSR count). The lowest BCUT2D eigenvalue weighted by molar-refractivity contribution is -0.163. The van der Waals surface area contributed by atoms with E-state index in [0.717, 1.165) is 0 Å². The number of carbonyl (C=O) groups excluding carboxylic acids is 2. The van der Waals surface area contributed by atoms with Crippen molar-refractivity contribution in [3.05, 3.63) is 77.6 Å². The molecule has 1 saturated carbocycles. The van der Waals surface area contributed by atoms with Gasteiger partial charge in [0.05, 0.1) is 11.3 Å². The summed E-state index contributed by atoms with van der Waals surface area (Å²) in [5.74, 6) is -1.61. The second kappa shape index (κ2) is 10.3. The number of anilines is 1. The quantitative estimate of drug-likeness (QED) is 0.154. The van der Waals surface area contributed by atoms with Crippen LogP contribution in [0.1, 0.15) is 40.5 Å². The summed E-state index contributed by atoms with van der Waals surface area (Å²) in [6.45, 7) is 2.03. The lowest BCUT2D eigenvalue weighted by Gasteiger charge is -2.21. The number of hydrogen-bond acceptors (Lipinski definition) is 5. The first-order valence-corrected chi connectivity index (χ1v) is 12.8. The van der Waals surface area contributed by atoms with Crippen LogP contribution in [0.5, 0.6) is 0 Å². The van der Waals surface area contributed by atoms with Gasteiger partial charge in [-0.2, -0.15) is 18.4 Å². The Morgan fingerprint density at radius 2 is 1.76 bits per heavy atom. The van der Waals surface area contributed by atoms with E-state index in [9.17, 15) is 32.4 Å². The average molecular weight is 565 g/mol. The van der Waals surface area contributed by atoms with Crippen molar-refractivity contribution in [2.75, 3.05) is 18.5 Å². The van der Waals surface area contributed by atoms with Gasteiger partial charge in [-0.1, -0.05) is 12.1 Å². The Balaban J connectivity index is 1.68. The molecule has 0 bridgehead atoms. The lowest BCUT2D eigenvalue weighted by atomic mass is 9.96. The van der Waals surface area contributed by atoms with Crippen molar-refractivity contribution in [3.63, 3.8) is 0 Å². The highest BCUT2D eigenvalue weighted by atomic mass is 19.4. The maximum atomic E-state index is 13.6. The summed E-state index contributed by atoms with van der Waals surface area (Å²) in [4.78, 5) is 27.3. The fourth-order valence-electron chi connectivity index (χ4n) is 4.76. The summed E-state index contributed by atoms with van der Waals surface area (Å²) in [5, 5.41) is 14.9. The summed E-state index contributed by atoms with van der Waals surface area (Å²) in [7, 11) is 1.45. The van der Waals surface area contributed by atoms with Crippen LogP contribution in [0.4, 0.5) is 23.2 Å². The van der Waals surface area contributed by atoms with Crippen LogP contribution in [-0.2, 0) is 0 Å². The molecule has 0 spiro atoms. The second-order valence-corrected chi connectivity index (χ2v) is 9.72. The molecular weight excluding hydrogens is 540 g/mol. The molecule has 3 aromatic carbocycles. The summed E-state index contributed by atoms with van der Waals surface area (Å²) in [6.07, 6.45) is -2.84. The average Bonchev–Trinajstić information content (AvgIpc) is 3.66. The van der Waals surface area contributed by atoms with Gasteiger partial charge in [-0.15, -0.1) is 0 Å². The Bertz CT molecular complexity index is 1700. The van der Waals surface area contributed by atoms with Crippen LogP contribution >= 0.6 is 0 Å². The lowest BCUT2D eigenvalue weighted by Crippen LogP contribution is -2.47. The molecule has 0 unspecified atom stereocenters. The van der Waals surface area contributed by atoms with Crippen LogP contribution in [0.25, 0.3) is 33.4 Å². The molecule has 7 nitrogen and oxygen atoms in total. The number of halogens is 4. The van der Waals surface area contributed by atoms with E-state index in [2.05, 4.69) is 16.8 Å². The van der Waals surface area contributed by atoms with Crippen molar-refractivity contribution in [1.29, 1.82) is 5.26 Å². The highest BCUT2D eigenvalue weighted by Crippen LogP contribution is 2.49. The molecule has 11 heteroatoms. The van der Waals surface area contributed by atoms with Crippen molar-refractivity contribution in [2.45, 2.75) is 31.5 Å².